The van der Waals surface area contributed by atoms with Crippen LogP contribution in [0.2, 0.25) is 0 Å². The topological polar surface area (TPSA) is 9.72 Å². The fourth-order valence-corrected chi connectivity index (χ4v) is 10.3. The number of hydrogen-bond acceptors (Lipinski definition) is 3. The summed E-state index contributed by atoms with van der Waals surface area (Å²) in [5.41, 5.74) is 18.9. The number of hydrogen-bond donors (Lipinski definition) is 0. The smallest absolute Gasteiger partial charge is 0.0629 e. The Kier molecular flexibility index (Phi) is 10.6. The maximum absolute atomic E-state index is 2.50. The molecule has 0 fully saturated rings. The number of para-hydroxylation sites is 1. The van der Waals surface area contributed by atoms with Crippen molar-refractivity contribution in [3.05, 3.63) is 278 Å². The zero-order valence-corrected chi connectivity index (χ0v) is 37.9. The summed E-state index contributed by atoms with van der Waals surface area (Å²) < 4.78 is 0. The van der Waals surface area contributed by atoms with E-state index in [1.165, 1.54) is 66.7 Å². The molecule has 10 aromatic carbocycles. The minimum Gasteiger partial charge on any atom is -0.333 e. The Balaban J connectivity index is 0.930. The van der Waals surface area contributed by atoms with Crippen LogP contribution in [0.15, 0.2) is 267 Å². The van der Waals surface area contributed by atoms with Gasteiger partial charge in [0, 0.05) is 51.1 Å². The van der Waals surface area contributed by atoms with Gasteiger partial charge in [0.2, 0.25) is 0 Å². The van der Waals surface area contributed by atoms with Crippen molar-refractivity contribution in [1.82, 2.24) is 0 Å². The van der Waals surface area contributed by atoms with Crippen LogP contribution in [0.25, 0.3) is 44.2 Å². The predicted molar refractivity (Wildman–Crippen MR) is 288 cm³/mol. The molecule has 12 rings (SSSR count). The normalized spacial score (nSPS) is 14.7. The zero-order chi connectivity index (χ0) is 45.4. The average molecular weight is 872 g/mol. The fraction of sp³-hybridized carbons (Fsp3) is 0.0462. The van der Waals surface area contributed by atoms with Crippen LogP contribution >= 0.6 is 0 Å². The first-order chi connectivity index (χ1) is 33.6. The molecule has 1 heterocycles. The summed E-state index contributed by atoms with van der Waals surface area (Å²) in [4.78, 5) is 7.30. The lowest BCUT2D eigenvalue weighted by molar-refractivity contribution is 0.745. The standard InChI is InChI=1S/C65H49N3/c1-46-25-33-56(34-26-46)67(57-41-43-65-62(45-57)61-23-13-14-24-63(61)68(65)52-19-9-4-10-20-52)64-44-42-58(59-21-11-12-22-60(59)64)51-31-39-55(40-32-51)66(53-35-27-49(28-36-53)47-15-5-2-6-16-47)54-37-29-50(30-38-54)48-17-7-3-8-18-48/h2-45,61,63H,1H3. The summed E-state index contributed by atoms with van der Waals surface area (Å²) in [6.07, 6.45) is 9.10. The first kappa shape index (κ1) is 40.8. The van der Waals surface area contributed by atoms with E-state index < -0.39 is 0 Å². The molecule has 0 amide bonds. The molecule has 1 aliphatic carbocycles. The van der Waals surface area contributed by atoms with Crippen LogP contribution in [0.4, 0.5) is 45.5 Å². The van der Waals surface area contributed by atoms with Gasteiger partial charge in [0.05, 0.1) is 11.7 Å². The van der Waals surface area contributed by atoms with E-state index in [2.05, 4.69) is 289 Å². The maximum atomic E-state index is 2.50. The first-order valence-electron chi connectivity index (χ1n) is 23.6. The van der Waals surface area contributed by atoms with Crippen LogP contribution in [0, 0.1) is 6.92 Å². The van der Waals surface area contributed by atoms with Crippen molar-refractivity contribution >= 4 is 56.3 Å². The lowest BCUT2D eigenvalue weighted by Gasteiger charge is -2.29. The summed E-state index contributed by atoms with van der Waals surface area (Å²) >= 11 is 0. The highest BCUT2D eigenvalue weighted by Gasteiger charge is 2.38. The average Bonchev–Trinajstić information content (AvgIpc) is 3.74. The molecule has 2 aliphatic rings. The van der Waals surface area contributed by atoms with Crippen LogP contribution in [0.5, 0.6) is 0 Å². The Morgan fingerprint density at radius 2 is 0.838 bits per heavy atom. The zero-order valence-electron chi connectivity index (χ0n) is 37.9. The van der Waals surface area contributed by atoms with Crippen LogP contribution < -0.4 is 14.7 Å². The number of nitrogens with zero attached hydrogens (tertiary/aromatic N) is 3. The van der Waals surface area contributed by atoms with E-state index in [1.54, 1.807) is 0 Å². The number of rotatable bonds is 10. The van der Waals surface area contributed by atoms with Gasteiger partial charge in [-0.2, -0.15) is 0 Å². The Hall–Kier alpha value is -8.66. The SMILES string of the molecule is Cc1ccc(N(c2ccc3c(c2)C2C=CC=CC2N3c2ccccc2)c2ccc(-c3ccc(N(c4ccc(-c5ccccc5)cc4)c4ccc(-c5ccccc5)cc4)cc3)c3ccccc23)cc1. The molecule has 2 atom stereocenters. The lowest BCUT2D eigenvalue weighted by atomic mass is 9.91. The van der Waals surface area contributed by atoms with Gasteiger partial charge in [-0.3, -0.25) is 0 Å². The molecule has 1 aliphatic heterocycles. The summed E-state index contributed by atoms with van der Waals surface area (Å²) in [6, 6.07) is 88.6. The van der Waals surface area contributed by atoms with E-state index in [0.29, 0.717) is 0 Å². The Morgan fingerprint density at radius 1 is 0.368 bits per heavy atom. The van der Waals surface area contributed by atoms with Gasteiger partial charge >= 0.3 is 0 Å². The molecule has 2 unspecified atom stereocenters. The third-order valence-corrected chi connectivity index (χ3v) is 13.7. The highest BCUT2D eigenvalue weighted by molar-refractivity contribution is 6.06. The Labute approximate surface area is 399 Å². The molecule has 68 heavy (non-hydrogen) atoms. The number of fused-ring (bicyclic) bond motifs is 4. The van der Waals surface area contributed by atoms with E-state index in [1.807, 2.05) is 0 Å². The highest BCUT2D eigenvalue weighted by atomic mass is 15.2. The third-order valence-electron chi connectivity index (χ3n) is 13.7. The molecule has 3 nitrogen and oxygen atoms in total. The molecule has 3 heteroatoms. The number of benzene rings is 10. The molecule has 0 bridgehead atoms. The van der Waals surface area contributed by atoms with Gasteiger partial charge in [-0.05, 0) is 136 Å². The summed E-state index contributed by atoms with van der Waals surface area (Å²) in [5, 5.41) is 2.40. The fourth-order valence-electron chi connectivity index (χ4n) is 10.3. The minimum absolute atomic E-state index is 0.222. The predicted octanol–water partition coefficient (Wildman–Crippen LogP) is 17.8. The van der Waals surface area contributed by atoms with Crippen LogP contribution in [-0.4, -0.2) is 6.04 Å². The van der Waals surface area contributed by atoms with Crippen molar-refractivity contribution in [2.24, 2.45) is 0 Å². The molecule has 0 saturated heterocycles. The summed E-state index contributed by atoms with van der Waals surface area (Å²) in [6.45, 7) is 2.16. The van der Waals surface area contributed by atoms with Gasteiger partial charge in [-0.25, -0.2) is 0 Å². The van der Waals surface area contributed by atoms with E-state index in [0.717, 1.165) is 34.1 Å². The van der Waals surface area contributed by atoms with E-state index in [9.17, 15) is 0 Å². The second-order valence-electron chi connectivity index (χ2n) is 17.8. The minimum atomic E-state index is 0.222. The largest absolute Gasteiger partial charge is 0.333 e. The second kappa shape index (κ2) is 17.6. The molecule has 0 radical (unpaired) electrons. The van der Waals surface area contributed by atoms with Crippen molar-refractivity contribution in [3.63, 3.8) is 0 Å². The van der Waals surface area contributed by atoms with Crippen molar-refractivity contribution in [1.29, 1.82) is 0 Å². The van der Waals surface area contributed by atoms with Crippen LogP contribution in [0.1, 0.15) is 17.0 Å². The van der Waals surface area contributed by atoms with Crippen LogP contribution in [0.3, 0.4) is 0 Å². The molecular formula is C65H49N3. The number of aryl methyl sites for hydroxylation is 1. The number of allylic oxidation sites excluding steroid dienone is 2. The summed E-state index contributed by atoms with van der Waals surface area (Å²) in [5.74, 6) is 0.246. The molecule has 10 aromatic rings. The van der Waals surface area contributed by atoms with Crippen molar-refractivity contribution in [3.8, 4) is 33.4 Å². The quantitative estimate of drug-likeness (QED) is 0.136. The third kappa shape index (κ3) is 7.54. The van der Waals surface area contributed by atoms with Crippen molar-refractivity contribution in [2.45, 2.75) is 18.9 Å². The highest BCUT2D eigenvalue weighted by Crippen LogP contribution is 2.51. The maximum Gasteiger partial charge on any atom is 0.0629 e. The van der Waals surface area contributed by atoms with E-state index in [4.69, 9.17) is 0 Å². The monoisotopic (exact) mass is 871 g/mol. The molecule has 0 saturated carbocycles. The van der Waals surface area contributed by atoms with E-state index >= 15 is 0 Å². The lowest BCUT2D eigenvalue weighted by Crippen LogP contribution is -2.28. The summed E-state index contributed by atoms with van der Waals surface area (Å²) in [7, 11) is 0. The Morgan fingerprint density at radius 3 is 1.44 bits per heavy atom. The van der Waals surface area contributed by atoms with Gasteiger partial charge in [-0.1, -0.05) is 188 Å². The number of anilines is 8. The molecule has 0 N–H and O–H groups in total. The molecule has 0 aromatic heterocycles. The second-order valence-corrected chi connectivity index (χ2v) is 17.8. The molecule has 324 valence electrons. The molecule has 0 spiro atoms. The van der Waals surface area contributed by atoms with Gasteiger partial charge in [0.25, 0.3) is 0 Å². The van der Waals surface area contributed by atoms with Crippen LogP contribution in [-0.2, 0) is 0 Å². The van der Waals surface area contributed by atoms with Crippen molar-refractivity contribution in [2.75, 3.05) is 14.7 Å². The van der Waals surface area contributed by atoms with Gasteiger partial charge in [0.1, 0.15) is 0 Å². The van der Waals surface area contributed by atoms with Gasteiger partial charge in [0.15, 0.2) is 0 Å². The van der Waals surface area contributed by atoms with Crippen molar-refractivity contribution < 1.29 is 0 Å². The van der Waals surface area contributed by atoms with E-state index in [-0.39, 0.29) is 12.0 Å². The Bertz CT molecular complexity index is 3350. The van der Waals surface area contributed by atoms with Gasteiger partial charge < -0.3 is 14.7 Å². The molecular weight excluding hydrogens is 823 g/mol. The first-order valence-corrected chi connectivity index (χ1v) is 23.6. The van der Waals surface area contributed by atoms with Gasteiger partial charge in [-0.15, -0.1) is 0 Å².